The molecule has 1 aromatic carbocycles. The van der Waals surface area contributed by atoms with Crippen LogP contribution in [0.2, 0.25) is 0 Å². The number of benzene rings is 1. The van der Waals surface area contributed by atoms with Crippen LogP contribution < -0.4 is 4.90 Å². The summed E-state index contributed by atoms with van der Waals surface area (Å²) in [6, 6.07) is 9.42. The van der Waals surface area contributed by atoms with E-state index in [1.165, 1.54) is 12.1 Å². The topological polar surface area (TPSA) is 122 Å². The number of amides is 1. The van der Waals surface area contributed by atoms with E-state index >= 15 is 0 Å². The van der Waals surface area contributed by atoms with Crippen LogP contribution in [0.25, 0.3) is 5.65 Å². The Hall–Kier alpha value is -4.02. The Kier molecular flexibility index (Phi) is 5.83. The number of aliphatic hydroxyl groups excluding tert-OH is 1. The summed E-state index contributed by atoms with van der Waals surface area (Å²) in [5.41, 5.74) is 2.23. The van der Waals surface area contributed by atoms with Crippen molar-refractivity contribution in [1.82, 2.24) is 19.5 Å². The van der Waals surface area contributed by atoms with Gasteiger partial charge in [-0.2, -0.15) is 15.6 Å². The fraction of sp³-hybridized carbons (Fsp3) is 0.400. The Morgan fingerprint density at radius 2 is 2.06 bits per heavy atom. The summed E-state index contributed by atoms with van der Waals surface area (Å²) in [6.45, 7) is 3.13. The summed E-state index contributed by atoms with van der Waals surface area (Å²) in [5, 5.41) is 33.1. The average Bonchev–Trinajstić information content (AvgIpc) is 3.45. The van der Waals surface area contributed by atoms with E-state index in [1.807, 2.05) is 30.2 Å². The maximum Gasteiger partial charge on any atom is 0.257 e. The number of aliphatic hydroxyl groups is 1. The molecule has 0 aliphatic carbocycles. The van der Waals surface area contributed by atoms with Crippen LogP contribution in [-0.4, -0.2) is 56.2 Å². The van der Waals surface area contributed by atoms with Crippen molar-refractivity contribution in [1.29, 1.82) is 10.5 Å². The smallest absolute Gasteiger partial charge is 0.257 e. The first-order valence-corrected chi connectivity index (χ1v) is 11.6. The number of nitriles is 2. The molecule has 9 nitrogen and oxygen atoms in total. The second-order valence-electron chi connectivity index (χ2n) is 9.14. The van der Waals surface area contributed by atoms with E-state index < -0.39 is 23.7 Å². The highest BCUT2D eigenvalue weighted by Gasteiger charge is 2.34. The van der Waals surface area contributed by atoms with E-state index in [1.54, 1.807) is 9.42 Å². The molecule has 35 heavy (non-hydrogen) atoms. The van der Waals surface area contributed by atoms with Crippen molar-refractivity contribution in [3.63, 3.8) is 0 Å². The number of carbonyl (C=O) groups excluding carboxylic acids is 1. The van der Waals surface area contributed by atoms with Gasteiger partial charge in [0.2, 0.25) is 0 Å². The zero-order chi connectivity index (χ0) is 24.7. The zero-order valence-corrected chi connectivity index (χ0v) is 19.2. The van der Waals surface area contributed by atoms with Gasteiger partial charge in [0.1, 0.15) is 11.6 Å². The molecule has 2 aromatic heterocycles. The molecule has 1 amide bonds. The van der Waals surface area contributed by atoms with Crippen LogP contribution in [0.5, 0.6) is 0 Å². The largest absolute Gasteiger partial charge is 0.390 e. The van der Waals surface area contributed by atoms with Gasteiger partial charge >= 0.3 is 0 Å². The molecule has 3 aromatic rings. The molecule has 2 aliphatic heterocycles. The van der Waals surface area contributed by atoms with Crippen molar-refractivity contribution >= 4 is 17.4 Å². The normalized spacial score (nSPS) is 22.3. The van der Waals surface area contributed by atoms with Crippen LogP contribution in [0.4, 0.5) is 10.2 Å². The van der Waals surface area contributed by atoms with Crippen molar-refractivity contribution < 1.29 is 14.3 Å². The van der Waals surface area contributed by atoms with E-state index in [4.69, 9.17) is 15.3 Å². The van der Waals surface area contributed by atoms with Crippen LogP contribution in [0.15, 0.2) is 30.5 Å². The third-order valence-electron chi connectivity index (χ3n) is 6.81. The SMILES string of the molecule is Cc1cn2nc(C3CCCCN3C(=O)c3ccc(C#N)cc3F)cc2nc1N1CC(O)C(C#N)C1. The molecular weight excluding hydrogens is 449 g/mol. The molecule has 10 heteroatoms. The first-order valence-electron chi connectivity index (χ1n) is 11.6. The minimum absolute atomic E-state index is 0.0597. The van der Waals surface area contributed by atoms with Gasteiger partial charge < -0.3 is 14.9 Å². The number of carbonyl (C=O) groups is 1. The summed E-state index contributed by atoms with van der Waals surface area (Å²) in [6.07, 6.45) is 3.55. The van der Waals surface area contributed by atoms with Crippen LogP contribution in [0.1, 0.15) is 52.5 Å². The quantitative estimate of drug-likeness (QED) is 0.621. The number of halogens is 1. The van der Waals surface area contributed by atoms with Gasteiger partial charge in [-0.25, -0.2) is 13.9 Å². The number of hydrogen-bond donors (Lipinski definition) is 1. The Balaban J connectivity index is 1.46. The number of anilines is 1. The summed E-state index contributed by atoms with van der Waals surface area (Å²) in [4.78, 5) is 21.6. The summed E-state index contributed by atoms with van der Waals surface area (Å²) in [7, 11) is 0. The summed E-state index contributed by atoms with van der Waals surface area (Å²) < 4.78 is 16.3. The fourth-order valence-corrected chi connectivity index (χ4v) is 4.98. The van der Waals surface area contributed by atoms with Crippen LogP contribution in [0.3, 0.4) is 0 Å². The lowest BCUT2D eigenvalue weighted by molar-refractivity contribution is 0.0601. The molecule has 2 saturated heterocycles. The maximum absolute atomic E-state index is 14.6. The predicted octanol–water partition coefficient (Wildman–Crippen LogP) is 2.74. The summed E-state index contributed by atoms with van der Waals surface area (Å²) >= 11 is 0. The number of aromatic nitrogens is 3. The first kappa shape index (κ1) is 22.8. The molecule has 178 valence electrons. The molecular formula is C25H24FN7O2. The van der Waals surface area contributed by atoms with Gasteiger partial charge in [0.05, 0.1) is 47.0 Å². The van der Waals surface area contributed by atoms with E-state index in [0.717, 1.165) is 24.5 Å². The van der Waals surface area contributed by atoms with Gasteiger partial charge in [0.15, 0.2) is 5.65 Å². The van der Waals surface area contributed by atoms with Crippen molar-refractivity contribution in [2.75, 3.05) is 24.5 Å². The standard InChI is InChI=1S/C25H24FN7O2/c1-15-12-33-23(29-24(15)31-13-17(11-28)22(34)14-31)9-20(30-33)21-4-2-3-7-32(21)25(35)18-6-5-16(10-27)8-19(18)26/h5-6,8-9,12,17,21-22,34H,2-4,7,13-14H2,1H3. The molecule has 2 fully saturated rings. The number of likely N-dealkylation sites (tertiary alicyclic amines) is 1. The number of aryl methyl sites for hydroxylation is 1. The van der Waals surface area contributed by atoms with Crippen molar-refractivity contribution in [2.24, 2.45) is 5.92 Å². The average molecular weight is 474 g/mol. The molecule has 2 aliphatic rings. The lowest BCUT2D eigenvalue weighted by atomic mass is 9.98. The minimum atomic E-state index is -0.720. The Morgan fingerprint density at radius 1 is 1.23 bits per heavy atom. The molecule has 0 radical (unpaired) electrons. The number of hydrogen-bond acceptors (Lipinski definition) is 7. The monoisotopic (exact) mass is 473 g/mol. The Labute approximate surface area is 201 Å². The van der Waals surface area contributed by atoms with Gasteiger partial charge in [-0.3, -0.25) is 4.79 Å². The molecule has 4 heterocycles. The van der Waals surface area contributed by atoms with Crippen molar-refractivity contribution in [2.45, 2.75) is 38.3 Å². The first-order chi connectivity index (χ1) is 16.9. The second kappa shape index (κ2) is 8.97. The number of nitrogens with zero attached hydrogens (tertiary/aromatic N) is 7. The third kappa shape index (κ3) is 4.07. The van der Waals surface area contributed by atoms with Crippen LogP contribution in [-0.2, 0) is 0 Å². The number of β-amino-alcohol motifs (C(OH)–C–C–N with tert-alkyl or cyclic N) is 1. The van der Waals surface area contributed by atoms with Crippen LogP contribution in [0, 0.1) is 41.3 Å². The molecule has 0 bridgehead atoms. The van der Waals surface area contributed by atoms with E-state index in [-0.39, 0.29) is 17.2 Å². The highest BCUT2D eigenvalue weighted by atomic mass is 19.1. The van der Waals surface area contributed by atoms with Crippen molar-refractivity contribution in [3.8, 4) is 12.1 Å². The fourth-order valence-electron chi connectivity index (χ4n) is 4.98. The van der Waals surface area contributed by atoms with E-state index in [0.29, 0.717) is 43.2 Å². The molecule has 3 atom stereocenters. The second-order valence-corrected chi connectivity index (χ2v) is 9.14. The highest BCUT2D eigenvalue weighted by molar-refractivity contribution is 5.95. The lowest BCUT2D eigenvalue weighted by Gasteiger charge is -2.34. The minimum Gasteiger partial charge on any atom is -0.390 e. The number of rotatable bonds is 3. The Morgan fingerprint density at radius 3 is 2.77 bits per heavy atom. The molecule has 0 spiro atoms. The molecule has 0 saturated carbocycles. The highest BCUT2D eigenvalue weighted by Crippen LogP contribution is 2.33. The van der Waals surface area contributed by atoms with Gasteiger partial charge in [0, 0.05) is 37.5 Å². The van der Waals surface area contributed by atoms with Crippen molar-refractivity contribution in [3.05, 3.63) is 58.7 Å². The Bertz CT molecular complexity index is 1390. The van der Waals surface area contributed by atoms with Gasteiger partial charge in [-0.05, 0) is 44.4 Å². The number of fused-ring (bicyclic) bond motifs is 1. The predicted molar refractivity (Wildman–Crippen MR) is 124 cm³/mol. The van der Waals surface area contributed by atoms with E-state index in [9.17, 15) is 19.6 Å². The molecule has 3 unspecified atom stereocenters. The summed E-state index contributed by atoms with van der Waals surface area (Å²) in [5.74, 6) is -0.903. The molecule has 5 rings (SSSR count). The van der Waals surface area contributed by atoms with Gasteiger partial charge in [-0.1, -0.05) is 0 Å². The lowest BCUT2D eigenvalue weighted by Crippen LogP contribution is -2.39. The van der Waals surface area contributed by atoms with Gasteiger partial charge in [0.25, 0.3) is 5.91 Å². The maximum atomic E-state index is 14.6. The van der Waals surface area contributed by atoms with E-state index in [2.05, 4.69) is 6.07 Å². The zero-order valence-electron chi connectivity index (χ0n) is 19.2. The number of piperidine rings is 1. The molecule has 1 N–H and O–H groups in total. The van der Waals surface area contributed by atoms with Gasteiger partial charge in [-0.15, -0.1) is 0 Å². The third-order valence-corrected chi connectivity index (χ3v) is 6.81. The van der Waals surface area contributed by atoms with Crippen LogP contribution >= 0.6 is 0 Å².